The maximum atomic E-state index is 12.6. The molecule has 0 atom stereocenters. The molecule has 0 bridgehead atoms. The van der Waals surface area contributed by atoms with Crippen LogP contribution in [0.5, 0.6) is 0 Å². The summed E-state index contributed by atoms with van der Waals surface area (Å²) >= 11 is 4.23. The SMILES string of the molecule is CN(C(=O)OCC1c2ccccc2-c2ccccc21)c1sc(Br)nc1C(=O)O. The van der Waals surface area contributed by atoms with Crippen LogP contribution in [-0.2, 0) is 4.74 Å². The van der Waals surface area contributed by atoms with E-state index in [0.29, 0.717) is 3.92 Å². The molecule has 1 aliphatic rings. The number of amides is 1. The van der Waals surface area contributed by atoms with Crippen molar-refractivity contribution in [2.75, 3.05) is 18.6 Å². The van der Waals surface area contributed by atoms with E-state index in [9.17, 15) is 14.7 Å². The van der Waals surface area contributed by atoms with E-state index in [2.05, 4.69) is 33.0 Å². The van der Waals surface area contributed by atoms with Gasteiger partial charge in [0.1, 0.15) is 11.6 Å². The summed E-state index contributed by atoms with van der Waals surface area (Å²) in [4.78, 5) is 29.0. The summed E-state index contributed by atoms with van der Waals surface area (Å²) in [5, 5.41) is 9.49. The predicted molar refractivity (Wildman–Crippen MR) is 110 cm³/mol. The standard InChI is InChI=1S/C20H15BrN2O4S/c1-23(17-16(18(24)25)22-19(21)28-17)20(26)27-10-15-13-8-4-2-6-11(13)12-7-3-5-9-14(12)15/h2-9,15H,10H2,1H3,(H,24,25). The van der Waals surface area contributed by atoms with Crippen LogP contribution in [0.3, 0.4) is 0 Å². The molecular formula is C20H15BrN2O4S. The van der Waals surface area contributed by atoms with E-state index >= 15 is 0 Å². The maximum Gasteiger partial charge on any atom is 0.414 e. The molecule has 1 amide bonds. The largest absolute Gasteiger partial charge is 0.476 e. The number of benzene rings is 2. The molecule has 1 aliphatic carbocycles. The van der Waals surface area contributed by atoms with Gasteiger partial charge in [-0.3, -0.25) is 4.90 Å². The van der Waals surface area contributed by atoms with Gasteiger partial charge >= 0.3 is 12.1 Å². The number of ether oxygens (including phenoxy) is 1. The number of nitrogens with zero attached hydrogens (tertiary/aromatic N) is 2. The third-order valence-corrected chi connectivity index (χ3v) is 6.28. The van der Waals surface area contributed by atoms with E-state index in [1.807, 2.05) is 36.4 Å². The number of aromatic nitrogens is 1. The number of rotatable bonds is 4. The van der Waals surface area contributed by atoms with Gasteiger partial charge in [0, 0.05) is 13.0 Å². The number of fused-ring (bicyclic) bond motifs is 3. The van der Waals surface area contributed by atoms with Gasteiger partial charge in [0.25, 0.3) is 0 Å². The van der Waals surface area contributed by atoms with Gasteiger partial charge in [-0.25, -0.2) is 14.6 Å². The Morgan fingerprint density at radius 2 is 1.71 bits per heavy atom. The minimum Gasteiger partial charge on any atom is -0.476 e. The van der Waals surface area contributed by atoms with E-state index in [1.54, 1.807) is 0 Å². The summed E-state index contributed by atoms with van der Waals surface area (Å²) in [5.74, 6) is -1.26. The number of carbonyl (C=O) groups is 2. The van der Waals surface area contributed by atoms with E-state index in [4.69, 9.17) is 4.74 Å². The van der Waals surface area contributed by atoms with Crippen molar-refractivity contribution in [2.45, 2.75) is 5.92 Å². The average molecular weight is 459 g/mol. The summed E-state index contributed by atoms with van der Waals surface area (Å²) in [6, 6.07) is 16.1. The molecule has 142 valence electrons. The van der Waals surface area contributed by atoms with Crippen molar-refractivity contribution >= 4 is 44.3 Å². The minimum absolute atomic E-state index is 0.0584. The maximum absolute atomic E-state index is 12.6. The Morgan fingerprint density at radius 3 is 2.29 bits per heavy atom. The summed E-state index contributed by atoms with van der Waals surface area (Å²) in [5.41, 5.74) is 4.34. The predicted octanol–water partition coefficient (Wildman–Crippen LogP) is 4.99. The van der Waals surface area contributed by atoms with Crippen LogP contribution < -0.4 is 4.90 Å². The van der Waals surface area contributed by atoms with E-state index in [1.165, 1.54) is 11.9 Å². The Labute approximate surface area is 173 Å². The van der Waals surface area contributed by atoms with Crippen molar-refractivity contribution < 1.29 is 19.4 Å². The molecule has 0 saturated carbocycles. The molecule has 0 radical (unpaired) electrons. The number of thiazole rings is 1. The first-order valence-corrected chi connectivity index (χ1v) is 10.1. The van der Waals surface area contributed by atoms with Crippen LogP contribution in [0.2, 0.25) is 0 Å². The molecular weight excluding hydrogens is 444 g/mol. The molecule has 2 aromatic carbocycles. The number of aromatic carboxylic acids is 1. The molecule has 4 rings (SSSR count). The van der Waals surface area contributed by atoms with Crippen molar-refractivity contribution in [3.05, 3.63) is 69.3 Å². The van der Waals surface area contributed by atoms with Gasteiger partial charge < -0.3 is 9.84 Å². The van der Waals surface area contributed by atoms with Crippen molar-refractivity contribution in [1.29, 1.82) is 0 Å². The fourth-order valence-corrected chi connectivity index (χ4v) is 4.80. The number of carboxylic acid groups (broad SMARTS) is 1. The zero-order chi connectivity index (χ0) is 19.8. The second kappa shape index (κ2) is 7.37. The number of anilines is 1. The van der Waals surface area contributed by atoms with Gasteiger partial charge in [0.05, 0.1) is 0 Å². The fraction of sp³-hybridized carbons (Fsp3) is 0.150. The summed E-state index contributed by atoms with van der Waals surface area (Å²) in [7, 11) is 1.48. The monoisotopic (exact) mass is 458 g/mol. The number of hydrogen-bond donors (Lipinski definition) is 1. The van der Waals surface area contributed by atoms with E-state index < -0.39 is 12.1 Å². The highest BCUT2D eigenvalue weighted by Gasteiger charge is 2.30. The van der Waals surface area contributed by atoms with Crippen LogP contribution >= 0.6 is 27.3 Å². The average Bonchev–Trinajstić information content (AvgIpc) is 3.24. The molecule has 0 fully saturated rings. The fourth-order valence-electron chi connectivity index (χ4n) is 3.43. The van der Waals surface area contributed by atoms with Gasteiger partial charge in [-0.15, -0.1) is 0 Å². The highest BCUT2D eigenvalue weighted by molar-refractivity contribution is 9.11. The van der Waals surface area contributed by atoms with Gasteiger partial charge in [-0.2, -0.15) is 0 Å². The quantitative estimate of drug-likeness (QED) is 0.595. The van der Waals surface area contributed by atoms with Gasteiger partial charge in [-0.1, -0.05) is 59.9 Å². The lowest BCUT2D eigenvalue weighted by Gasteiger charge is -2.18. The molecule has 1 aromatic heterocycles. The first-order valence-electron chi connectivity index (χ1n) is 8.45. The normalized spacial score (nSPS) is 12.4. The highest BCUT2D eigenvalue weighted by atomic mass is 79.9. The lowest BCUT2D eigenvalue weighted by Crippen LogP contribution is -2.29. The van der Waals surface area contributed by atoms with E-state index in [0.717, 1.165) is 33.6 Å². The van der Waals surface area contributed by atoms with Crippen LogP contribution in [0.15, 0.2) is 52.4 Å². The van der Waals surface area contributed by atoms with Crippen LogP contribution in [0.25, 0.3) is 11.1 Å². The van der Waals surface area contributed by atoms with Crippen LogP contribution in [0.1, 0.15) is 27.5 Å². The molecule has 1 heterocycles. The van der Waals surface area contributed by atoms with Crippen LogP contribution in [0.4, 0.5) is 9.80 Å². The van der Waals surface area contributed by atoms with Gasteiger partial charge in [0.15, 0.2) is 9.61 Å². The zero-order valence-electron chi connectivity index (χ0n) is 14.8. The van der Waals surface area contributed by atoms with Gasteiger partial charge in [-0.05, 0) is 38.2 Å². The summed E-state index contributed by atoms with van der Waals surface area (Å²) in [6.07, 6.45) is -0.625. The molecule has 28 heavy (non-hydrogen) atoms. The van der Waals surface area contributed by atoms with Crippen LogP contribution in [0, 0.1) is 0 Å². The highest BCUT2D eigenvalue weighted by Crippen LogP contribution is 2.44. The van der Waals surface area contributed by atoms with Crippen molar-refractivity contribution in [2.24, 2.45) is 0 Å². The number of carbonyl (C=O) groups excluding carboxylic acids is 1. The topological polar surface area (TPSA) is 79.7 Å². The van der Waals surface area contributed by atoms with Crippen molar-refractivity contribution in [1.82, 2.24) is 4.98 Å². The Kier molecular flexibility index (Phi) is 4.91. The Hall–Kier alpha value is -2.71. The Morgan fingerprint density at radius 1 is 1.14 bits per heavy atom. The third-order valence-electron chi connectivity index (χ3n) is 4.70. The molecule has 8 heteroatoms. The third kappa shape index (κ3) is 3.18. The number of halogens is 1. The first kappa shape index (κ1) is 18.6. The summed E-state index contributed by atoms with van der Waals surface area (Å²) < 4.78 is 5.94. The number of hydrogen-bond acceptors (Lipinski definition) is 5. The lowest BCUT2D eigenvalue weighted by molar-refractivity contribution is 0.0692. The zero-order valence-corrected chi connectivity index (χ0v) is 17.2. The lowest BCUT2D eigenvalue weighted by atomic mass is 9.98. The number of carboxylic acids is 1. The second-order valence-electron chi connectivity index (χ2n) is 6.29. The molecule has 0 spiro atoms. The Balaban J connectivity index is 1.55. The van der Waals surface area contributed by atoms with Crippen LogP contribution in [-0.4, -0.2) is 35.8 Å². The second-order valence-corrected chi connectivity index (χ2v) is 8.54. The Bertz CT molecular complexity index is 1040. The minimum atomic E-state index is -1.20. The molecule has 0 unspecified atom stereocenters. The van der Waals surface area contributed by atoms with Crippen molar-refractivity contribution in [3.8, 4) is 11.1 Å². The van der Waals surface area contributed by atoms with Crippen molar-refractivity contribution in [3.63, 3.8) is 0 Å². The molecule has 1 N–H and O–H groups in total. The smallest absolute Gasteiger partial charge is 0.414 e. The van der Waals surface area contributed by atoms with E-state index in [-0.39, 0.29) is 23.2 Å². The summed E-state index contributed by atoms with van der Waals surface area (Å²) in [6.45, 7) is 0.166. The molecule has 0 aliphatic heterocycles. The molecule has 0 saturated heterocycles. The molecule has 6 nitrogen and oxygen atoms in total. The molecule has 3 aromatic rings. The first-order chi connectivity index (χ1) is 13.5. The van der Waals surface area contributed by atoms with Gasteiger partial charge in [0.2, 0.25) is 0 Å².